The maximum atomic E-state index is 11.4. The minimum absolute atomic E-state index is 0.317. The zero-order valence-corrected chi connectivity index (χ0v) is 9.65. The van der Waals surface area contributed by atoms with Crippen molar-refractivity contribution >= 4 is 21.8 Å². The van der Waals surface area contributed by atoms with E-state index in [-0.39, 0.29) is 5.91 Å². The molecule has 0 saturated heterocycles. The van der Waals surface area contributed by atoms with Gasteiger partial charge < -0.3 is 10.0 Å². The number of hydrogen-bond acceptors (Lipinski definition) is 2. The average molecular weight is 258 g/mol. The van der Waals surface area contributed by atoms with Gasteiger partial charge in [-0.2, -0.15) is 0 Å². The molecule has 0 aliphatic heterocycles. The number of halogens is 1. The predicted octanol–water partition coefficient (Wildman–Crippen LogP) is 1.57. The van der Waals surface area contributed by atoms with Crippen LogP contribution in [0.1, 0.15) is 11.7 Å². The number of carbonyl (C=O) groups excluding carboxylic acids is 1. The van der Waals surface area contributed by atoms with E-state index in [1.165, 1.54) is 4.90 Å². The summed E-state index contributed by atoms with van der Waals surface area (Å²) in [6.07, 6.45) is -1.08. The Hall–Kier alpha value is -0.870. The van der Waals surface area contributed by atoms with Crippen molar-refractivity contribution in [3.8, 4) is 0 Å². The number of aliphatic hydroxyl groups excluding tert-OH is 1. The van der Waals surface area contributed by atoms with Crippen molar-refractivity contribution in [3.05, 3.63) is 34.3 Å². The SMILES string of the molecule is CN(C)C(=O)C(O)c1cccc(Br)c1. The molecule has 1 aromatic carbocycles. The molecule has 0 saturated carbocycles. The normalized spacial score (nSPS) is 12.3. The monoisotopic (exact) mass is 257 g/mol. The second-order valence-electron chi connectivity index (χ2n) is 3.19. The molecule has 0 aromatic heterocycles. The van der Waals surface area contributed by atoms with E-state index in [9.17, 15) is 9.90 Å². The Kier molecular flexibility index (Phi) is 3.66. The summed E-state index contributed by atoms with van der Waals surface area (Å²) < 4.78 is 0.848. The Morgan fingerprint density at radius 2 is 2.14 bits per heavy atom. The highest BCUT2D eigenvalue weighted by atomic mass is 79.9. The van der Waals surface area contributed by atoms with E-state index in [0.29, 0.717) is 5.56 Å². The van der Waals surface area contributed by atoms with Gasteiger partial charge in [-0.3, -0.25) is 4.79 Å². The van der Waals surface area contributed by atoms with Crippen LogP contribution in [0.25, 0.3) is 0 Å². The largest absolute Gasteiger partial charge is 0.378 e. The Labute approximate surface area is 91.5 Å². The van der Waals surface area contributed by atoms with Crippen LogP contribution in [0.15, 0.2) is 28.7 Å². The summed E-state index contributed by atoms with van der Waals surface area (Å²) in [5, 5.41) is 9.67. The van der Waals surface area contributed by atoms with Crippen molar-refractivity contribution in [2.24, 2.45) is 0 Å². The number of nitrogens with zero attached hydrogens (tertiary/aromatic N) is 1. The summed E-state index contributed by atoms with van der Waals surface area (Å²) in [5.74, 6) is -0.317. The lowest BCUT2D eigenvalue weighted by Crippen LogP contribution is -2.27. The van der Waals surface area contributed by atoms with Gasteiger partial charge in [-0.25, -0.2) is 0 Å². The summed E-state index contributed by atoms with van der Waals surface area (Å²) in [4.78, 5) is 12.8. The molecule has 0 heterocycles. The first-order valence-corrected chi connectivity index (χ1v) is 4.96. The number of carbonyl (C=O) groups is 1. The molecule has 1 amide bonds. The van der Waals surface area contributed by atoms with Gasteiger partial charge in [0.2, 0.25) is 0 Å². The number of hydrogen-bond donors (Lipinski definition) is 1. The molecule has 14 heavy (non-hydrogen) atoms. The van der Waals surface area contributed by atoms with Gasteiger partial charge in [-0.1, -0.05) is 28.1 Å². The molecule has 3 nitrogen and oxygen atoms in total. The number of amides is 1. The number of benzene rings is 1. The molecular formula is C10H12BrNO2. The van der Waals surface area contributed by atoms with E-state index in [1.54, 1.807) is 32.3 Å². The minimum Gasteiger partial charge on any atom is -0.378 e. The Morgan fingerprint density at radius 3 is 2.64 bits per heavy atom. The zero-order valence-electron chi connectivity index (χ0n) is 8.07. The molecule has 0 aliphatic carbocycles. The molecule has 0 fully saturated rings. The lowest BCUT2D eigenvalue weighted by atomic mass is 10.1. The van der Waals surface area contributed by atoms with Gasteiger partial charge in [0.15, 0.2) is 6.10 Å². The molecule has 1 aromatic rings. The lowest BCUT2D eigenvalue weighted by molar-refractivity contribution is -0.137. The van der Waals surface area contributed by atoms with E-state index in [1.807, 2.05) is 6.07 Å². The molecule has 0 spiro atoms. The molecule has 76 valence electrons. The number of likely N-dealkylation sites (N-methyl/N-ethyl adjacent to an activating group) is 1. The van der Waals surface area contributed by atoms with Crippen LogP contribution >= 0.6 is 15.9 Å². The molecular weight excluding hydrogens is 246 g/mol. The van der Waals surface area contributed by atoms with E-state index < -0.39 is 6.10 Å². The van der Waals surface area contributed by atoms with Crippen molar-refractivity contribution in [2.75, 3.05) is 14.1 Å². The zero-order chi connectivity index (χ0) is 10.7. The lowest BCUT2D eigenvalue weighted by Gasteiger charge is -2.16. The Bertz CT molecular complexity index is 339. The van der Waals surface area contributed by atoms with Crippen molar-refractivity contribution in [3.63, 3.8) is 0 Å². The summed E-state index contributed by atoms with van der Waals surface area (Å²) in [6, 6.07) is 7.07. The molecule has 1 unspecified atom stereocenters. The van der Waals surface area contributed by atoms with Crippen LogP contribution in [0.5, 0.6) is 0 Å². The highest BCUT2D eigenvalue weighted by Gasteiger charge is 2.18. The Morgan fingerprint density at radius 1 is 1.50 bits per heavy atom. The minimum atomic E-state index is -1.08. The van der Waals surface area contributed by atoms with Crippen LogP contribution in [-0.2, 0) is 4.79 Å². The summed E-state index contributed by atoms with van der Waals surface area (Å²) >= 11 is 3.28. The van der Waals surface area contributed by atoms with Gasteiger partial charge in [-0.15, -0.1) is 0 Å². The molecule has 1 N–H and O–H groups in total. The van der Waals surface area contributed by atoms with Crippen molar-refractivity contribution in [1.82, 2.24) is 4.90 Å². The average Bonchev–Trinajstić information content (AvgIpc) is 2.15. The molecule has 4 heteroatoms. The molecule has 0 aliphatic rings. The van der Waals surface area contributed by atoms with E-state index in [2.05, 4.69) is 15.9 Å². The van der Waals surface area contributed by atoms with Gasteiger partial charge in [0.1, 0.15) is 0 Å². The van der Waals surface area contributed by atoms with Crippen LogP contribution in [0.4, 0.5) is 0 Å². The molecule has 0 bridgehead atoms. The second kappa shape index (κ2) is 4.57. The highest BCUT2D eigenvalue weighted by molar-refractivity contribution is 9.10. The summed E-state index contributed by atoms with van der Waals surface area (Å²) in [6.45, 7) is 0. The van der Waals surface area contributed by atoms with Crippen LogP contribution in [0.3, 0.4) is 0 Å². The number of rotatable bonds is 2. The van der Waals surface area contributed by atoms with Crippen molar-refractivity contribution in [1.29, 1.82) is 0 Å². The van der Waals surface area contributed by atoms with Crippen LogP contribution in [-0.4, -0.2) is 30.0 Å². The van der Waals surface area contributed by atoms with Gasteiger partial charge in [-0.05, 0) is 17.7 Å². The fourth-order valence-corrected chi connectivity index (χ4v) is 1.48. The third-order valence-electron chi connectivity index (χ3n) is 1.84. The summed E-state index contributed by atoms with van der Waals surface area (Å²) in [7, 11) is 3.23. The highest BCUT2D eigenvalue weighted by Crippen LogP contribution is 2.19. The van der Waals surface area contributed by atoms with E-state index in [0.717, 1.165) is 4.47 Å². The standard InChI is InChI=1S/C10H12BrNO2/c1-12(2)10(14)9(13)7-4-3-5-8(11)6-7/h3-6,9,13H,1-2H3. The molecule has 1 rings (SSSR count). The van der Waals surface area contributed by atoms with Gasteiger partial charge in [0.05, 0.1) is 0 Å². The quantitative estimate of drug-likeness (QED) is 0.874. The van der Waals surface area contributed by atoms with Gasteiger partial charge in [0, 0.05) is 18.6 Å². The van der Waals surface area contributed by atoms with Crippen molar-refractivity contribution < 1.29 is 9.90 Å². The first kappa shape index (κ1) is 11.2. The third-order valence-corrected chi connectivity index (χ3v) is 2.33. The first-order chi connectivity index (χ1) is 6.52. The van der Waals surface area contributed by atoms with E-state index in [4.69, 9.17) is 0 Å². The molecule has 1 atom stereocenters. The second-order valence-corrected chi connectivity index (χ2v) is 4.11. The van der Waals surface area contributed by atoms with Gasteiger partial charge >= 0.3 is 0 Å². The maximum absolute atomic E-state index is 11.4. The smallest absolute Gasteiger partial charge is 0.255 e. The maximum Gasteiger partial charge on any atom is 0.255 e. The number of aliphatic hydroxyl groups is 1. The fraction of sp³-hybridized carbons (Fsp3) is 0.300. The first-order valence-electron chi connectivity index (χ1n) is 4.17. The van der Waals surface area contributed by atoms with Crippen LogP contribution in [0.2, 0.25) is 0 Å². The summed E-state index contributed by atoms with van der Waals surface area (Å²) in [5.41, 5.74) is 0.595. The third kappa shape index (κ3) is 2.56. The predicted molar refractivity (Wildman–Crippen MR) is 57.8 cm³/mol. The molecule has 0 radical (unpaired) electrons. The van der Waals surface area contributed by atoms with E-state index >= 15 is 0 Å². The topological polar surface area (TPSA) is 40.5 Å². The van der Waals surface area contributed by atoms with Crippen molar-refractivity contribution in [2.45, 2.75) is 6.10 Å². The fourth-order valence-electron chi connectivity index (χ4n) is 1.06. The van der Waals surface area contributed by atoms with Crippen LogP contribution in [0, 0.1) is 0 Å². The van der Waals surface area contributed by atoms with Gasteiger partial charge in [0.25, 0.3) is 5.91 Å². The van der Waals surface area contributed by atoms with Crippen LogP contribution < -0.4 is 0 Å². The Balaban J connectivity index is 2.89.